The van der Waals surface area contributed by atoms with Gasteiger partial charge in [0.2, 0.25) is 0 Å². The van der Waals surface area contributed by atoms with E-state index in [1.807, 2.05) is 32.0 Å². The van der Waals surface area contributed by atoms with E-state index in [2.05, 4.69) is 35.4 Å². The first-order chi connectivity index (χ1) is 11.1. The van der Waals surface area contributed by atoms with E-state index in [4.69, 9.17) is 10.00 Å². The van der Waals surface area contributed by atoms with E-state index >= 15 is 0 Å². The molecule has 1 unspecified atom stereocenters. The zero-order valence-electron chi connectivity index (χ0n) is 13.9. The van der Waals surface area contributed by atoms with Gasteiger partial charge in [0.1, 0.15) is 17.6 Å². The quantitative estimate of drug-likeness (QED) is 0.834. The number of benzene rings is 1. The third-order valence-corrected chi connectivity index (χ3v) is 3.45. The molecule has 0 amide bonds. The van der Waals surface area contributed by atoms with Crippen LogP contribution >= 0.6 is 0 Å². The first kappa shape index (κ1) is 16.8. The summed E-state index contributed by atoms with van der Waals surface area (Å²) in [7, 11) is 0. The van der Waals surface area contributed by atoms with Gasteiger partial charge in [0.05, 0.1) is 11.7 Å². The Balaban J connectivity index is 1.81. The minimum absolute atomic E-state index is 0.199. The molecule has 120 valence electrons. The van der Waals surface area contributed by atoms with E-state index in [1.165, 1.54) is 5.56 Å². The van der Waals surface area contributed by atoms with E-state index in [0.717, 1.165) is 24.4 Å². The monoisotopic (exact) mass is 309 g/mol. The summed E-state index contributed by atoms with van der Waals surface area (Å²) in [6.45, 7) is 6.19. The van der Waals surface area contributed by atoms with Crippen molar-refractivity contribution in [2.24, 2.45) is 0 Å². The van der Waals surface area contributed by atoms with Crippen LogP contribution in [-0.4, -0.2) is 17.1 Å². The molecule has 0 aliphatic rings. The smallest absolute Gasteiger partial charge is 0.126 e. The highest BCUT2D eigenvalue weighted by Crippen LogP contribution is 2.16. The molecule has 0 aliphatic heterocycles. The second-order valence-corrected chi connectivity index (χ2v) is 5.94. The van der Waals surface area contributed by atoms with E-state index in [1.54, 1.807) is 12.3 Å². The predicted octanol–water partition coefficient (Wildman–Crippen LogP) is 4.17. The molecule has 0 radical (unpaired) electrons. The number of anilines is 1. The normalized spacial score (nSPS) is 11.8. The van der Waals surface area contributed by atoms with Crippen LogP contribution in [0.5, 0.6) is 5.75 Å². The number of aromatic nitrogens is 1. The van der Waals surface area contributed by atoms with Crippen LogP contribution in [0, 0.1) is 11.3 Å². The summed E-state index contributed by atoms with van der Waals surface area (Å²) in [5.41, 5.74) is 1.87. The van der Waals surface area contributed by atoms with E-state index in [9.17, 15) is 0 Å². The molecule has 0 bridgehead atoms. The second-order valence-electron chi connectivity index (χ2n) is 5.94. The lowest BCUT2D eigenvalue weighted by atomic mass is 10.1. The third kappa shape index (κ3) is 5.63. The Morgan fingerprint density at radius 2 is 1.87 bits per heavy atom. The highest BCUT2D eigenvalue weighted by Gasteiger charge is 2.05. The molecular formula is C19H23N3O. The van der Waals surface area contributed by atoms with Crippen molar-refractivity contribution in [2.45, 2.75) is 45.8 Å². The molecule has 4 nitrogen and oxygen atoms in total. The van der Waals surface area contributed by atoms with Crippen molar-refractivity contribution in [1.82, 2.24) is 4.98 Å². The average molecular weight is 309 g/mol. The third-order valence-electron chi connectivity index (χ3n) is 3.45. The van der Waals surface area contributed by atoms with E-state index in [-0.39, 0.29) is 6.10 Å². The fourth-order valence-corrected chi connectivity index (χ4v) is 2.26. The Labute approximate surface area is 138 Å². The summed E-state index contributed by atoms with van der Waals surface area (Å²) in [6.07, 6.45) is 3.78. The molecule has 4 heteroatoms. The van der Waals surface area contributed by atoms with Gasteiger partial charge in [0.15, 0.2) is 0 Å². The lowest BCUT2D eigenvalue weighted by Crippen LogP contribution is -2.16. The van der Waals surface area contributed by atoms with Crippen LogP contribution in [0.25, 0.3) is 0 Å². The van der Waals surface area contributed by atoms with Gasteiger partial charge in [-0.3, -0.25) is 0 Å². The fraction of sp³-hybridized carbons (Fsp3) is 0.368. The summed E-state index contributed by atoms with van der Waals surface area (Å²) < 4.78 is 5.65. The minimum Gasteiger partial charge on any atom is -0.491 e. The van der Waals surface area contributed by atoms with Crippen LogP contribution in [0.4, 0.5) is 5.82 Å². The van der Waals surface area contributed by atoms with Gasteiger partial charge in [0, 0.05) is 12.2 Å². The largest absolute Gasteiger partial charge is 0.491 e. The number of nitrogens with zero attached hydrogens (tertiary/aromatic N) is 2. The molecule has 2 aromatic rings. The van der Waals surface area contributed by atoms with Crippen LogP contribution in [0.1, 0.15) is 38.3 Å². The van der Waals surface area contributed by atoms with Gasteiger partial charge in [-0.25, -0.2) is 4.98 Å². The topological polar surface area (TPSA) is 57.9 Å². The highest BCUT2D eigenvalue weighted by atomic mass is 16.5. The molecule has 1 N–H and O–H groups in total. The Morgan fingerprint density at radius 3 is 2.43 bits per heavy atom. The zero-order chi connectivity index (χ0) is 16.7. The maximum atomic E-state index is 8.77. The Bertz CT molecular complexity index is 642. The van der Waals surface area contributed by atoms with Crippen molar-refractivity contribution in [1.29, 1.82) is 5.26 Å². The number of nitrogens with one attached hydrogen (secondary N) is 1. The highest BCUT2D eigenvalue weighted by molar-refractivity contribution is 5.39. The molecule has 1 aromatic carbocycles. The molecule has 1 aromatic heterocycles. The minimum atomic E-state index is 0.199. The molecular weight excluding hydrogens is 286 g/mol. The standard InChI is InChI=1S/C19H23N3O/c1-14(2)23-18-9-6-16(7-10-18)5-4-15(3)22-19-11-8-17(12-20)13-21-19/h6-11,13-15H,4-5H2,1-3H3,(H,21,22). The predicted molar refractivity (Wildman–Crippen MR) is 92.6 cm³/mol. The number of hydrogen-bond donors (Lipinski definition) is 1. The van der Waals surface area contributed by atoms with Crippen molar-refractivity contribution in [3.63, 3.8) is 0 Å². The SMILES string of the molecule is CC(CCc1ccc(OC(C)C)cc1)Nc1ccc(C#N)cn1. The molecule has 0 saturated carbocycles. The van der Waals surface area contributed by atoms with Gasteiger partial charge in [-0.1, -0.05) is 12.1 Å². The van der Waals surface area contributed by atoms with Crippen LogP contribution < -0.4 is 10.1 Å². The van der Waals surface area contributed by atoms with Crippen LogP contribution in [0.3, 0.4) is 0 Å². The summed E-state index contributed by atoms with van der Waals surface area (Å²) in [5.74, 6) is 1.72. The van der Waals surface area contributed by atoms with Gasteiger partial charge >= 0.3 is 0 Å². The number of nitriles is 1. The molecule has 23 heavy (non-hydrogen) atoms. The van der Waals surface area contributed by atoms with Gasteiger partial charge in [-0.05, 0) is 63.4 Å². The van der Waals surface area contributed by atoms with Crippen LogP contribution in [0.15, 0.2) is 42.6 Å². The van der Waals surface area contributed by atoms with Gasteiger partial charge in [0.25, 0.3) is 0 Å². The lowest BCUT2D eigenvalue weighted by Gasteiger charge is -2.15. The van der Waals surface area contributed by atoms with Crippen molar-refractivity contribution >= 4 is 5.82 Å². The van der Waals surface area contributed by atoms with Crippen LogP contribution in [0.2, 0.25) is 0 Å². The summed E-state index contributed by atoms with van der Waals surface area (Å²) in [5, 5.41) is 12.1. The van der Waals surface area contributed by atoms with E-state index < -0.39 is 0 Å². The number of rotatable bonds is 7. The Kier molecular flexibility index (Phi) is 5.99. The fourth-order valence-electron chi connectivity index (χ4n) is 2.26. The van der Waals surface area contributed by atoms with Crippen molar-refractivity contribution < 1.29 is 4.74 Å². The molecule has 1 atom stereocenters. The molecule has 1 heterocycles. The van der Waals surface area contributed by atoms with E-state index in [0.29, 0.717) is 11.6 Å². The van der Waals surface area contributed by atoms with Crippen molar-refractivity contribution in [2.75, 3.05) is 5.32 Å². The Hall–Kier alpha value is -2.54. The number of pyridine rings is 1. The molecule has 0 saturated heterocycles. The molecule has 2 rings (SSSR count). The summed E-state index contributed by atoms with van der Waals surface area (Å²) in [4.78, 5) is 4.23. The maximum Gasteiger partial charge on any atom is 0.126 e. The van der Waals surface area contributed by atoms with Crippen LogP contribution in [-0.2, 0) is 6.42 Å². The molecule has 0 fully saturated rings. The molecule has 0 spiro atoms. The lowest BCUT2D eigenvalue weighted by molar-refractivity contribution is 0.242. The Morgan fingerprint density at radius 1 is 1.13 bits per heavy atom. The van der Waals surface area contributed by atoms with Crippen molar-refractivity contribution in [3.05, 3.63) is 53.7 Å². The average Bonchev–Trinajstić information content (AvgIpc) is 2.54. The number of aryl methyl sites for hydroxylation is 1. The first-order valence-electron chi connectivity index (χ1n) is 7.95. The van der Waals surface area contributed by atoms with Gasteiger partial charge < -0.3 is 10.1 Å². The zero-order valence-corrected chi connectivity index (χ0v) is 13.9. The summed E-state index contributed by atoms with van der Waals surface area (Å²) in [6, 6.07) is 14.3. The number of hydrogen-bond acceptors (Lipinski definition) is 4. The number of ether oxygens (including phenoxy) is 1. The van der Waals surface area contributed by atoms with Crippen molar-refractivity contribution in [3.8, 4) is 11.8 Å². The first-order valence-corrected chi connectivity index (χ1v) is 7.95. The second kappa shape index (κ2) is 8.19. The molecule has 0 aliphatic carbocycles. The van der Waals surface area contributed by atoms with Gasteiger partial charge in [-0.15, -0.1) is 0 Å². The summed E-state index contributed by atoms with van der Waals surface area (Å²) >= 11 is 0. The maximum absolute atomic E-state index is 8.77. The van der Waals surface area contributed by atoms with Gasteiger partial charge in [-0.2, -0.15) is 5.26 Å².